The molecule has 0 bridgehead atoms. The van der Waals surface area contributed by atoms with Gasteiger partial charge < -0.3 is 15.0 Å². The van der Waals surface area contributed by atoms with Gasteiger partial charge in [-0.05, 0) is 37.3 Å². The summed E-state index contributed by atoms with van der Waals surface area (Å²) in [6.45, 7) is 5.47. The average Bonchev–Trinajstić information content (AvgIpc) is 2.97. The Balaban J connectivity index is 1.95. The zero-order chi connectivity index (χ0) is 14.3. The first-order valence-electron chi connectivity index (χ1n) is 7.49. The fourth-order valence-corrected chi connectivity index (χ4v) is 2.93. The Labute approximate surface area is 120 Å². The molecule has 2 heterocycles. The fraction of sp³-hybridized carbons (Fsp3) is 0.562. The molecule has 2 aromatic heterocycles. The summed E-state index contributed by atoms with van der Waals surface area (Å²) in [6.07, 6.45) is 4.28. The van der Waals surface area contributed by atoms with Gasteiger partial charge in [0.15, 0.2) is 5.82 Å². The number of nitrogens with zero attached hydrogens (tertiary/aromatic N) is 3. The van der Waals surface area contributed by atoms with Crippen molar-refractivity contribution in [3.05, 3.63) is 30.1 Å². The van der Waals surface area contributed by atoms with Crippen LogP contribution < -0.4 is 10.6 Å². The van der Waals surface area contributed by atoms with Crippen LogP contribution in [0.25, 0.3) is 5.65 Å². The highest BCUT2D eigenvalue weighted by atomic mass is 15.2. The number of anilines is 1. The van der Waals surface area contributed by atoms with Crippen LogP contribution >= 0.6 is 0 Å². The first-order valence-corrected chi connectivity index (χ1v) is 7.49. The highest BCUT2D eigenvalue weighted by Gasteiger charge is 2.34. The van der Waals surface area contributed by atoms with Gasteiger partial charge in [0.25, 0.3) is 0 Å². The summed E-state index contributed by atoms with van der Waals surface area (Å²) in [4.78, 5) is 7.11. The summed E-state index contributed by atoms with van der Waals surface area (Å²) in [7, 11) is 2.15. The molecule has 0 spiro atoms. The van der Waals surface area contributed by atoms with Crippen molar-refractivity contribution in [2.45, 2.75) is 32.7 Å². The van der Waals surface area contributed by atoms with E-state index in [9.17, 15) is 0 Å². The first-order chi connectivity index (χ1) is 9.56. The van der Waals surface area contributed by atoms with Crippen molar-refractivity contribution < 1.29 is 0 Å². The summed E-state index contributed by atoms with van der Waals surface area (Å²) >= 11 is 0. The number of imidazole rings is 1. The molecule has 0 aromatic carbocycles. The van der Waals surface area contributed by atoms with Crippen LogP contribution in [-0.2, 0) is 6.42 Å². The van der Waals surface area contributed by atoms with E-state index in [4.69, 9.17) is 10.7 Å². The lowest BCUT2D eigenvalue weighted by atomic mass is 10.2. The van der Waals surface area contributed by atoms with Crippen LogP contribution in [0.3, 0.4) is 0 Å². The molecule has 1 aliphatic rings. The normalized spacial score (nSPS) is 23.0. The van der Waals surface area contributed by atoms with Crippen molar-refractivity contribution >= 4 is 11.5 Å². The molecule has 3 rings (SSSR count). The molecule has 4 nitrogen and oxygen atoms in total. The minimum Gasteiger partial charge on any atom is -0.358 e. The quantitative estimate of drug-likeness (QED) is 0.908. The van der Waals surface area contributed by atoms with Crippen LogP contribution in [0.4, 0.5) is 5.82 Å². The van der Waals surface area contributed by atoms with Crippen molar-refractivity contribution in [1.82, 2.24) is 9.38 Å². The van der Waals surface area contributed by atoms with Gasteiger partial charge in [0.1, 0.15) is 5.65 Å². The van der Waals surface area contributed by atoms with E-state index in [0.29, 0.717) is 0 Å². The third kappa shape index (κ3) is 2.52. The molecule has 3 atom stereocenters. The number of pyridine rings is 1. The lowest BCUT2D eigenvalue weighted by molar-refractivity contribution is 0.695. The van der Waals surface area contributed by atoms with E-state index in [1.54, 1.807) is 0 Å². The van der Waals surface area contributed by atoms with Crippen molar-refractivity contribution in [3.63, 3.8) is 0 Å². The zero-order valence-electron chi connectivity index (χ0n) is 12.6. The van der Waals surface area contributed by atoms with Crippen LogP contribution in [0.1, 0.15) is 26.0 Å². The number of fused-ring (bicyclic) bond motifs is 1. The first kappa shape index (κ1) is 13.4. The smallest absolute Gasteiger partial charge is 0.150 e. The van der Waals surface area contributed by atoms with E-state index >= 15 is 0 Å². The molecular formula is C16H24N4. The highest BCUT2D eigenvalue weighted by Crippen LogP contribution is 2.39. The lowest BCUT2D eigenvalue weighted by Gasteiger charge is -2.19. The maximum atomic E-state index is 6.02. The molecule has 20 heavy (non-hydrogen) atoms. The predicted octanol–water partition coefficient (Wildman–Crippen LogP) is 2.32. The Hall–Kier alpha value is -1.55. The molecule has 1 saturated carbocycles. The van der Waals surface area contributed by atoms with Crippen molar-refractivity contribution in [2.24, 2.45) is 17.6 Å². The summed E-state index contributed by atoms with van der Waals surface area (Å²) in [5.74, 6) is 2.78. The van der Waals surface area contributed by atoms with Gasteiger partial charge in [-0.3, -0.25) is 0 Å². The van der Waals surface area contributed by atoms with Gasteiger partial charge in [-0.1, -0.05) is 13.0 Å². The van der Waals surface area contributed by atoms with E-state index in [2.05, 4.69) is 42.5 Å². The van der Waals surface area contributed by atoms with E-state index in [1.807, 2.05) is 12.1 Å². The van der Waals surface area contributed by atoms with Gasteiger partial charge in [-0.2, -0.15) is 0 Å². The molecule has 0 saturated heterocycles. The maximum Gasteiger partial charge on any atom is 0.150 e. The van der Waals surface area contributed by atoms with E-state index < -0.39 is 0 Å². The number of hydrogen-bond acceptors (Lipinski definition) is 3. The molecule has 0 amide bonds. The number of rotatable bonds is 5. The zero-order valence-corrected chi connectivity index (χ0v) is 12.6. The van der Waals surface area contributed by atoms with Crippen LogP contribution in [0.5, 0.6) is 0 Å². The Kier molecular flexibility index (Phi) is 3.42. The van der Waals surface area contributed by atoms with E-state index in [0.717, 1.165) is 36.3 Å². The monoisotopic (exact) mass is 272 g/mol. The molecule has 2 aromatic rings. The van der Waals surface area contributed by atoms with Crippen molar-refractivity contribution in [1.29, 1.82) is 0 Å². The standard InChI is InChI=1S/C16H24N4/c1-11-8-13(11)10-19(3)16-14(9-12(2)17)20-7-5-4-6-15(20)18-16/h4-7,11-13H,8-10,17H2,1-3H3. The van der Waals surface area contributed by atoms with Gasteiger partial charge >= 0.3 is 0 Å². The Morgan fingerprint density at radius 2 is 2.25 bits per heavy atom. The van der Waals surface area contributed by atoms with Gasteiger partial charge in [-0.25, -0.2) is 4.98 Å². The molecule has 2 N–H and O–H groups in total. The summed E-state index contributed by atoms with van der Waals surface area (Å²) in [5, 5.41) is 0. The SMILES string of the molecule is CC(N)Cc1c(N(C)CC2CC2C)nc2ccccn12. The predicted molar refractivity (Wildman–Crippen MR) is 83.1 cm³/mol. The molecule has 4 heteroatoms. The Morgan fingerprint density at radius 3 is 2.90 bits per heavy atom. The second kappa shape index (κ2) is 5.09. The lowest BCUT2D eigenvalue weighted by Crippen LogP contribution is -2.25. The molecule has 108 valence electrons. The van der Waals surface area contributed by atoms with Gasteiger partial charge in [0, 0.05) is 32.3 Å². The summed E-state index contributed by atoms with van der Waals surface area (Å²) < 4.78 is 2.17. The molecule has 1 fully saturated rings. The van der Waals surface area contributed by atoms with Crippen molar-refractivity contribution in [2.75, 3.05) is 18.5 Å². The van der Waals surface area contributed by atoms with Crippen molar-refractivity contribution in [3.8, 4) is 0 Å². The van der Waals surface area contributed by atoms with Crippen LogP contribution in [0.2, 0.25) is 0 Å². The topological polar surface area (TPSA) is 46.6 Å². The van der Waals surface area contributed by atoms with E-state index in [1.165, 1.54) is 12.1 Å². The second-order valence-corrected chi connectivity index (χ2v) is 6.35. The van der Waals surface area contributed by atoms with Crippen LogP contribution in [0, 0.1) is 11.8 Å². The van der Waals surface area contributed by atoms with Crippen LogP contribution in [0.15, 0.2) is 24.4 Å². The van der Waals surface area contributed by atoms with E-state index in [-0.39, 0.29) is 6.04 Å². The average molecular weight is 272 g/mol. The minimum absolute atomic E-state index is 0.141. The van der Waals surface area contributed by atoms with Gasteiger partial charge in [0.2, 0.25) is 0 Å². The Morgan fingerprint density at radius 1 is 1.50 bits per heavy atom. The number of hydrogen-bond donors (Lipinski definition) is 1. The third-order valence-electron chi connectivity index (χ3n) is 4.27. The summed E-state index contributed by atoms with van der Waals surface area (Å²) in [6, 6.07) is 6.28. The number of nitrogens with two attached hydrogens (primary N) is 1. The second-order valence-electron chi connectivity index (χ2n) is 6.35. The minimum atomic E-state index is 0.141. The highest BCUT2D eigenvalue weighted by molar-refractivity contribution is 5.56. The van der Waals surface area contributed by atoms with Gasteiger partial charge in [-0.15, -0.1) is 0 Å². The summed E-state index contributed by atoms with van der Waals surface area (Å²) in [5.41, 5.74) is 8.26. The number of aromatic nitrogens is 2. The molecule has 1 aliphatic carbocycles. The third-order valence-corrected chi connectivity index (χ3v) is 4.27. The molecule has 0 aliphatic heterocycles. The molecule has 0 radical (unpaired) electrons. The fourth-order valence-electron chi connectivity index (χ4n) is 2.93. The van der Waals surface area contributed by atoms with Gasteiger partial charge in [0.05, 0.1) is 5.69 Å². The van der Waals surface area contributed by atoms with Crippen LogP contribution in [-0.4, -0.2) is 29.0 Å². The Bertz CT molecular complexity index is 602. The largest absolute Gasteiger partial charge is 0.358 e. The molecule has 3 unspecified atom stereocenters. The maximum absolute atomic E-state index is 6.02. The molecular weight excluding hydrogens is 248 g/mol.